The van der Waals surface area contributed by atoms with Crippen molar-refractivity contribution in [3.8, 4) is 0 Å². The number of benzene rings is 1. The fraction of sp³-hybridized carbons (Fsp3) is 0.579. The lowest BCUT2D eigenvalue weighted by atomic mass is 9.99. The van der Waals surface area contributed by atoms with Crippen molar-refractivity contribution in [3.63, 3.8) is 0 Å². The molecule has 0 saturated heterocycles. The lowest BCUT2D eigenvalue weighted by molar-refractivity contribution is -0.145. The van der Waals surface area contributed by atoms with E-state index < -0.39 is 38.3 Å². The summed E-state index contributed by atoms with van der Waals surface area (Å²) in [4.78, 5) is 23.8. The first-order valence-corrected chi connectivity index (χ1v) is 10.5. The third-order valence-corrected chi connectivity index (χ3v) is 5.33. The summed E-state index contributed by atoms with van der Waals surface area (Å²) in [5.74, 6) is -0.630. The molecular formula is C19H30NO6P. The van der Waals surface area contributed by atoms with E-state index in [2.05, 4.69) is 5.32 Å². The van der Waals surface area contributed by atoms with Crippen molar-refractivity contribution in [2.75, 3.05) is 13.3 Å². The van der Waals surface area contributed by atoms with E-state index in [0.717, 1.165) is 5.56 Å². The summed E-state index contributed by atoms with van der Waals surface area (Å²) in [5.41, 5.74) is 0.865. The molecule has 0 spiro atoms. The van der Waals surface area contributed by atoms with Crippen LogP contribution < -0.4 is 5.32 Å². The number of hydrogen-bond donors (Lipinski definition) is 1. The van der Waals surface area contributed by atoms with Gasteiger partial charge in [0.25, 0.3) is 0 Å². The predicted molar refractivity (Wildman–Crippen MR) is 104 cm³/mol. The van der Waals surface area contributed by atoms with Gasteiger partial charge in [-0.1, -0.05) is 44.2 Å². The molecule has 8 heteroatoms. The van der Waals surface area contributed by atoms with Gasteiger partial charge in [-0.3, -0.25) is 14.7 Å². The van der Waals surface area contributed by atoms with Gasteiger partial charge in [0.1, 0.15) is 12.3 Å². The van der Waals surface area contributed by atoms with Crippen molar-refractivity contribution in [1.29, 1.82) is 0 Å². The quantitative estimate of drug-likeness (QED) is 0.361. The molecule has 27 heavy (non-hydrogen) atoms. The summed E-state index contributed by atoms with van der Waals surface area (Å²) in [6.45, 7) is 7.27. The second-order valence-electron chi connectivity index (χ2n) is 6.79. The van der Waals surface area contributed by atoms with E-state index >= 15 is 0 Å². The Morgan fingerprint density at radius 3 is 2.30 bits per heavy atom. The Hall–Kier alpha value is -1.85. The van der Waals surface area contributed by atoms with Crippen molar-refractivity contribution in [2.45, 2.75) is 46.4 Å². The van der Waals surface area contributed by atoms with Gasteiger partial charge in [0, 0.05) is 6.16 Å². The summed E-state index contributed by atoms with van der Waals surface area (Å²) in [6, 6.07) is 9.32. The van der Waals surface area contributed by atoms with Gasteiger partial charge in [-0.15, -0.1) is 0 Å². The highest BCUT2D eigenvalue weighted by Crippen LogP contribution is 2.30. The van der Waals surface area contributed by atoms with Crippen molar-refractivity contribution in [1.82, 2.24) is 5.32 Å². The number of methoxy groups -OCH3 is 1. The topological polar surface area (TPSA) is 90.9 Å². The number of ether oxygens (including phenoxy) is 2. The fourth-order valence-electron chi connectivity index (χ4n) is 2.63. The van der Waals surface area contributed by atoms with Crippen LogP contribution in [0.1, 0.15) is 45.8 Å². The third-order valence-electron chi connectivity index (χ3n) is 3.89. The van der Waals surface area contributed by atoms with Crippen LogP contribution in [0.5, 0.6) is 0 Å². The number of hydrogen-bond acceptors (Lipinski definition) is 6. The normalized spacial score (nSPS) is 15.5. The molecule has 0 aliphatic carbocycles. The van der Waals surface area contributed by atoms with E-state index in [4.69, 9.17) is 14.0 Å². The van der Waals surface area contributed by atoms with Crippen molar-refractivity contribution >= 4 is 20.1 Å². The maximum Gasteiger partial charge on any atom is 0.409 e. The molecule has 4 unspecified atom stereocenters. The van der Waals surface area contributed by atoms with E-state index in [9.17, 15) is 14.2 Å². The van der Waals surface area contributed by atoms with Crippen LogP contribution in [-0.2, 0) is 23.4 Å². The molecule has 0 bridgehead atoms. The molecule has 0 aromatic heterocycles. The molecule has 1 amide bonds. The monoisotopic (exact) mass is 399 g/mol. The molecule has 0 radical (unpaired) electrons. The molecule has 152 valence electrons. The molecule has 0 aliphatic heterocycles. The Morgan fingerprint density at radius 2 is 1.74 bits per heavy atom. The zero-order valence-electron chi connectivity index (χ0n) is 16.6. The molecule has 7 nitrogen and oxygen atoms in total. The van der Waals surface area contributed by atoms with Crippen molar-refractivity contribution < 1.29 is 28.2 Å². The second-order valence-corrected chi connectivity index (χ2v) is 8.18. The minimum absolute atomic E-state index is 0.0804. The first-order chi connectivity index (χ1) is 12.7. The molecule has 4 atom stereocenters. The Balaban J connectivity index is 2.47. The lowest BCUT2D eigenvalue weighted by Gasteiger charge is -2.20. The SMILES string of the molecule is COC(=O)C(CC(C)C)C[PH](=O)OC(C)NC(=O)OC(C)c1ccccc1. The van der Waals surface area contributed by atoms with Gasteiger partial charge in [-0.25, -0.2) is 4.79 Å². The van der Waals surface area contributed by atoms with Crippen LogP contribution >= 0.6 is 8.03 Å². The number of esters is 1. The fourth-order valence-corrected chi connectivity index (χ4v) is 3.91. The molecule has 1 aromatic carbocycles. The van der Waals surface area contributed by atoms with Crippen LogP contribution in [-0.4, -0.2) is 31.6 Å². The van der Waals surface area contributed by atoms with Gasteiger partial charge in [0.15, 0.2) is 8.03 Å². The number of nitrogens with one attached hydrogen (secondary N) is 1. The summed E-state index contributed by atoms with van der Waals surface area (Å²) in [7, 11) is -1.23. The number of carbonyl (C=O) groups is 2. The van der Waals surface area contributed by atoms with Gasteiger partial charge in [-0.05, 0) is 31.7 Å². The van der Waals surface area contributed by atoms with Crippen LogP contribution in [0.25, 0.3) is 0 Å². The zero-order chi connectivity index (χ0) is 20.4. The highest BCUT2D eigenvalue weighted by atomic mass is 31.1. The molecule has 0 fully saturated rings. The largest absolute Gasteiger partial charge is 0.469 e. The number of amides is 1. The Kier molecular flexibility index (Phi) is 10.1. The smallest absolute Gasteiger partial charge is 0.409 e. The number of carbonyl (C=O) groups excluding carboxylic acids is 2. The van der Waals surface area contributed by atoms with E-state index in [1.807, 2.05) is 44.2 Å². The maximum atomic E-state index is 12.3. The lowest BCUT2D eigenvalue weighted by Crippen LogP contribution is -2.34. The van der Waals surface area contributed by atoms with Gasteiger partial charge in [0.05, 0.1) is 13.0 Å². The van der Waals surface area contributed by atoms with Crippen LogP contribution in [0.4, 0.5) is 4.79 Å². The minimum atomic E-state index is -2.53. The number of alkyl carbamates (subject to hydrolysis) is 1. The summed E-state index contributed by atoms with van der Waals surface area (Å²) in [6.07, 6.45) is -1.25. The molecule has 1 rings (SSSR count). The van der Waals surface area contributed by atoms with Crippen LogP contribution in [0.2, 0.25) is 0 Å². The average Bonchev–Trinajstić information content (AvgIpc) is 2.60. The first kappa shape index (κ1) is 23.2. The predicted octanol–water partition coefficient (Wildman–Crippen LogP) is 4.15. The van der Waals surface area contributed by atoms with Gasteiger partial charge < -0.3 is 14.0 Å². The molecule has 0 saturated carbocycles. The molecule has 0 aliphatic rings. The Morgan fingerprint density at radius 1 is 1.11 bits per heavy atom. The molecule has 1 aromatic rings. The van der Waals surface area contributed by atoms with Crippen molar-refractivity contribution in [3.05, 3.63) is 35.9 Å². The maximum absolute atomic E-state index is 12.3. The van der Waals surface area contributed by atoms with Crippen LogP contribution in [0.15, 0.2) is 30.3 Å². The Labute approximate surface area is 161 Å². The first-order valence-electron chi connectivity index (χ1n) is 9.02. The van der Waals surface area contributed by atoms with Gasteiger partial charge >= 0.3 is 12.1 Å². The highest BCUT2D eigenvalue weighted by Gasteiger charge is 2.24. The summed E-state index contributed by atoms with van der Waals surface area (Å²) >= 11 is 0. The van der Waals surface area contributed by atoms with Crippen LogP contribution in [0, 0.1) is 11.8 Å². The van der Waals surface area contributed by atoms with Crippen molar-refractivity contribution in [2.24, 2.45) is 11.8 Å². The van der Waals surface area contributed by atoms with E-state index in [0.29, 0.717) is 6.42 Å². The molecule has 0 heterocycles. The van der Waals surface area contributed by atoms with Gasteiger partial charge in [-0.2, -0.15) is 0 Å². The second kappa shape index (κ2) is 11.8. The summed E-state index contributed by atoms with van der Waals surface area (Å²) < 4.78 is 27.6. The van der Waals surface area contributed by atoms with Gasteiger partial charge in [0.2, 0.25) is 0 Å². The molecule has 1 N–H and O–H groups in total. The summed E-state index contributed by atoms with van der Waals surface area (Å²) in [5, 5.41) is 2.49. The van der Waals surface area contributed by atoms with E-state index in [1.54, 1.807) is 13.8 Å². The zero-order valence-corrected chi connectivity index (χ0v) is 17.6. The number of rotatable bonds is 10. The highest BCUT2D eigenvalue weighted by molar-refractivity contribution is 7.39. The average molecular weight is 399 g/mol. The van der Waals surface area contributed by atoms with Crippen LogP contribution in [0.3, 0.4) is 0 Å². The Bertz CT molecular complexity index is 622. The molecular weight excluding hydrogens is 369 g/mol. The minimum Gasteiger partial charge on any atom is -0.469 e. The third kappa shape index (κ3) is 9.07. The van der Waals surface area contributed by atoms with E-state index in [-0.39, 0.29) is 12.1 Å². The van der Waals surface area contributed by atoms with E-state index in [1.165, 1.54) is 7.11 Å². The standard InChI is InChI=1S/C19H30NO6P/c1-13(2)11-17(18(21)24-5)12-27(23)26-15(4)20-19(22)25-14(3)16-9-7-6-8-10-16/h6-10,13-15,17,27H,11-12H2,1-5H3,(H,20,22).